The largest absolute Gasteiger partial charge is 0.394 e. The Morgan fingerprint density at radius 2 is 1.32 bits per heavy atom. The van der Waals surface area contributed by atoms with Gasteiger partial charge in [0.25, 0.3) is 0 Å². The van der Waals surface area contributed by atoms with Crippen molar-refractivity contribution in [2.24, 2.45) is 0 Å². The van der Waals surface area contributed by atoms with Crippen LogP contribution in [-0.2, 0) is 4.74 Å². The van der Waals surface area contributed by atoms with E-state index >= 15 is 0 Å². The Morgan fingerprint density at radius 3 is 1.63 bits per heavy atom. The quantitative estimate of drug-likeness (QED) is 0.371. The average molecular weight is 311 g/mol. The topological polar surface area (TPSA) is 49.7 Å². The molecule has 2 N–H and O–H groups in total. The highest BCUT2D eigenvalue weighted by atomic mass is 32.1. The van der Waals surface area contributed by atoms with E-state index in [-0.39, 0.29) is 29.3 Å². The summed E-state index contributed by atoms with van der Waals surface area (Å²) in [7, 11) is 0. The molecule has 0 aliphatic heterocycles. The highest BCUT2D eigenvalue weighted by molar-refractivity contribution is 7.81. The highest BCUT2D eigenvalue weighted by Gasteiger charge is 2.31. The molecule has 0 aromatic carbocycles. The van der Waals surface area contributed by atoms with Crippen molar-refractivity contribution in [2.75, 3.05) is 19.8 Å². The lowest BCUT2D eigenvalue weighted by atomic mass is 9.87. The summed E-state index contributed by atoms with van der Waals surface area (Å²) in [6.07, 6.45) is 2.89. The molecule has 0 aromatic heterocycles. The minimum absolute atomic E-state index is 0.0216. The van der Waals surface area contributed by atoms with Crippen LogP contribution >= 0.6 is 25.3 Å². The zero-order valence-electron chi connectivity index (χ0n) is 12.6. The van der Waals surface area contributed by atoms with Gasteiger partial charge in [-0.1, -0.05) is 27.7 Å². The van der Waals surface area contributed by atoms with Crippen molar-refractivity contribution >= 4 is 25.3 Å². The van der Waals surface area contributed by atoms with Gasteiger partial charge in [-0.3, -0.25) is 0 Å². The van der Waals surface area contributed by atoms with E-state index in [1.54, 1.807) is 0 Å². The smallest absolute Gasteiger partial charge is 0.0881 e. The number of hydrogen-bond donors (Lipinski definition) is 4. The summed E-state index contributed by atoms with van der Waals surface area (Å²) in [6, 6.07) is 0. The van der Waals surface area contributed by atoms with E-state index in [1.807, 2.05) is 27.7 Å². The molecule has 0 aliphatic rings. The summed E-state index contributed by atoms with van der Waals surface area (Å²) in [5, 5.41) is 19.4. The number of rotatable bonds is 10. The third kappa shape index (κ3) is 12.1. The molecule has 0 radical (unpaired) electrons. The molecule has 0 saturated carbocycles. The first kappa shape index (κ1) is 19.6. The lowest BCUT2D eigenvalue weighted by Crippen LogP contribution is -2.38. The molecule has 116 valence electrons. The molecule has 0 bridgehead atoms. The molecule has 0 spiro atoms. The fourth-order valence-corrected chi connectivity index (χ4v) is 1.90. The average Bonchev–Trinajstić information content (AvgIpc) is 2.23. The van der Waals surface area contributed by atoms with Crippen molar-refractivity contribution in [3.8, 4) is 0 Å². The van der Waals surface area contributed by atoms with E-state index in [4.69, 9.17) is 9.84 Å². The number of aliphatic hydroxyl groups is 2. The fourth-order valence-electron chi connectivity index (χ4n) is 1.67. The van der Waals surface area contributed by atoms with E-state index < -0.39 is 5.60 Å². The lowest BCUT2D eigenvalue weighted by Gasteiger charge is -2.33. The number of hydrogen-bond acceptors (Lipinski definition) is 5. The SMILES string of the molecule is CC(C)(S)CCC(O)(CCC(C)(C)S)COCCO. The van der Waals surface area contributed by atoms with Crippen LogP contribution in [-0.4, -0.2) is 45.1 Å². The summed E-state index contributed by atoms with van der Waals surface area (Å²) in [6.45, 7) is 8.63. The molecular weight excluding hydrogens is 280 g/mol. The van der Waals surface area contributed by atoms with Crippen molar-refractivity contribution < 1.29 is 14.9 Å². The van der Waals surface area contributed by atoms with Gasteiger partial charge in [0.2, 0.25) is 0 Å². The molecular formula is C14H30O3S2. The zero-order valence-corrected chi connectivity index (χ0v) is 14.4. The molecule has 3 nitrogen and oxygen atoms in total. The van der Waals surface area contributed by atoms with Gasteiger partial charge in [0.15, 0.2) is 0 Å². The summed E-state index contributed by atoms with van der Waals surface area (Å²) < 4.78 is 5.11. The van der Waals surface area contributed by atoms with E-state index in [0.717, 1.165) is 12.8 Å². The van der Waals surface area contributed by atoms with Gasteiger partial charge >= 0.3 is 0 Å². The maximum atomic E-state index is 10.7. The Balaban J connectivity index is 4.43. The first-order chi connectivity index (χ1) is 8.47. The van der Waals surface area contributed by atoms with Crippen molar-refractivity contribution in [1.29, 1.82) is 0 Å². The van der Waals surface area contributed by atoms with Gasteiger partial charge < -0.3 is 14.9 Å². The van der Waals surface area contributed by atoms with Crippen molar-refractivity contribution in [3.63, 3.8) is 0 Å². The van der Waals surface area contributed by atoms with Crippen LogP contribution in [0.4, 0.5) is 0 Å². The summed E-state index contributed by atoms with van der Waals surface area (Å²) in [4.78, 5) is 0. The second-order valence-corrected chi connectivity index (χ2v) is 9.05. The van der Waals surface area contributed by atoms with Crippen LogP contribution in [0.25, 0.3) is 0 Å². The van der Waals surface area contributed by atoms with Crippen molar-refractivity contribution in [2.45, 2.75) is 68.5 Å². The minimum atomic E-state index is -0.866. The van der Waals surface area contributed by atoms with Crippen LogP contribution in [0.5, 0.6) is 0 Å². The van der Waals surface area contributed by atoms with E-state index in [9.17, 15) is 5.11 Å². The van der Waals surface area contributed by atoms with Crippen LogP contribution in [0, 0.1) is 0 Å². The van der Waals surface area contributed by atoms with Gasteiger partial charge in [0.1, 0.15) is 0 Å². The molecule has 5 heteroatoms. The van der Waals surface area contributed by atoms with E-state index in [1.165, 1.54) is 0 Å². The lowest BCUT2D eigenvalue weighted by molar-refractivity contribution is -0.0662. The molecule has 0 saturated heterocycles. The molecule has 0 fully saturated rings. The summed E-state index contributed by atoms with van der Waals surface area (Å²) >= 11 is 8.99. The Hall–Kier alpha value is 0.580. The molecule has 0 aliphatic carbocycles. The van der Waals surface area contributed by atoms with Gasteiger partial charge in [0, 0.05) is 9.49 Å². The standard InChI is InChI=1S/C14H30O3S2/c1-12(2,18)5-7-14(16,11-17-10-9-15)8-6-13(3,4)19/h15-16,18-19H,5-11H2,1-4H3. The van der Waals surface area contributed by atoms with Crippen molar-refractivity contribution in [1.82, 2.24) is 0 Å². The Labute approximate surface area is 128 Å². The molecule has 0 aromatic rings. The molecule has 0 heterocycles. The maximum Gasteiger partial charge on any atom is 0.0881 e. The fraction of sp³-hybridized carbons (Fsp3) is 1.00. The van der Waals surface area contributed by atoms with Crippen LogP contribution < -0.4 is 0 Å². The Morgan fingerprint density at radius 1 is 0.895 bits per heavy atom. The first-order valence-corrected chi connectivity index (χ1v) is 7.73. The van der Waals surface area contributed by atoms with Crippen LogP contribution in [0.3, 0.4) is 0 Å². The van der Waals surface area contributed by atoms with Crippen LogP contribution in [0.2, 0.25) is 0 Å². The van der Waals surface area contributed by atoms with Gasteiger partial charge in [-0.25, -0.2) is 0 Å². The van der Waals surface area contributed by atoms with Crippen molar-refractivity contribution in [3.05, 3.63) is 0 Å². The third-order valence-corrected chi connectivity index (χ3v) is 3.46. The normalized spacial score (nSPS) is 13.9. The summed E-state index contributed by atoms with van der Waals surface area (Å²) in [5.41, 5.74) is -0.866. The van der Waals surface area contributed by atoms with Gasteiger partial charge in [-0.05, 0) is 25.7 Å². The maximum absolute atomic E-state index is 10.7. The molecule has 0 rings (SSSR count). The predicted molar refractivity (Wildman–Crippen MR) is 87.5 cm³/mol. The number of thiol groups is 2. The zero-order chi connectivity index (χ0) is 15.2. The molecule has 0 atom stereocenters. The second-order valence-electron chi connectivity index (χ2n) is 6.63. The predicted octanol–water partition coefficient (Wildman–Crippen LogP) is 2.70. The van der Waals surface area contributed by atoms with Gasteiger partial charge in [-0.2, -0.15) is 25.3 Å². The minimum Gasteiger partial charge on any atom is -0.394 e. The van der Waals surface area contributed by atoms with Crippen LogP contribution in [0.1, 0.15) is 53.4 Å². The number of aliphatic hydroxyl groups excluding tert-OH is 1. The Kier molecular flexibility index (Phi) is 8.38. The van der Waals surface area contributed by atoms with Crippen LogP contribution in [0.15, 0.2) is 0 Å². The van der Waals surface area contributed by atoms with Gasteiger partial charge in [-0.15, -0.1) is 0 Å². The second kappa shape index (κ2) is 8.13. The molecule has 0 unspecified atom stereocenters. The van der Waals surface area contributed by atoms with E-state index in [2.05, 4.69) is 25.3 Å². The highest BCUT2D eigenvalue weighted by Crippen LogP contribution is 2.31. The third-order valence-electron chi connectivity index (χ3n) is 3.01. The van der Waals surface area contributed by atoms with Gasteiger partial charge in [0.05, 0.1) is 25.4 Å². The first-order valence-electron chi connectivity index (χ1n) is 6.83. The summed E-state index contributed by atoms with van der Waals surface area (Å²) in [5.74, 6) is 0. The van der Waals surface area contributed by atoms with E-state index in [0.29, 0.717) is 12.8 Å². The molecule has 19 heavy (non-hydrogen) atoms. The molecule has 0 amide bonds. The number of ether oxygens (including phenoxy) is 1. The Bertz CT molecular complexity index is 226. The monoisotopic (exact) mass is 310 g/mol.